The van der Waals surface area contributed by atoms with E-state index in [0.29, 0.717) is 0 Å². The minimum atomic E-state index is -1.11. The van der Waals surface area contributed by atoms with Gasteiger partial charge in [0.05, 0.1) is 45.8 Å². The molecule has 8 N–H and O–H groups in total. The van der Waals surface area contributed by atoms with Crippen LogP contribution in [0, 0.1) is 0 Å². The maximum absolute atomic E-state index is 13.7. The summed E-state index contributed by atoms with van der Waals surface area (Å²) in [5.41, 5.74) is 0. The van der Waals surface area contributed by atoms with Crippen molar-refractivity contribution in [3.63, 3.8) is 0 Å². The van der Waals surface area contributed by atoms with Crippen LogP contribution in [0.25, 0.3) is 0 Å². The third kappa shape index (κ3) is 23.0. The summed E-state index contributed by atoms with van der Waals surface area (Å²) in [6.45, 7) is 2.89. The second kappa shape index (κ2) is 27.2. The van der Waals surface area contributed by atoms with E-state index in [0.717, 1.165) is 0 Å². The van der Waals surface area contributed by atoms with Crippen LogP contribution in [0.1, 0.15) is 6.92 Å². The van der Waals surface area contributed by atoms with Crippen molar-refractivity contribution in [3.05, 3.63) is 0 Å². The maximum Gasteiger partial charge on any atom is 0.317 e. The van der Waals surface area contributed by atoms with E-state index in [1.165, 1.54) is 0 Å². The number of nitrogens with zero attached hydrogens (tertiary/aromatic N) is 8. The first kappa shape index (κ1) is 50.6. The third-order valence-corrected chi connectivity index (χ3v) is 9.82. The number of carboxylic acids is 6. The fourth-order valence-corrected chi connectivity index (χ4v) is 6.79. The fraction of sp³-hybridized carbons (Fsp3) is 0.771. The number of carboxylic acid groups (broad SMARTS) is 6. The Labute approximate surface area is 342 Å². The predicted molar refractivity (Wildman–Crippen MR) is 208 cm³/mol. The highest BCUT2D eigenvalue weighted by Crippen LogP contribution is 2.05. The van der Waals surface area contributed by atoms with Crippen LogP contribution in [0.4, 0.5) is 0 Å². The Morgan fingerprint density at radius 3 is 0.831 bits per heavy atom. The highest BCUT2D eigenvalue weighted by Gasteiger charge is 2.28. The summed E-state index contributed by atoms with van der Waals surface area (Å²) in [5, 5.41) is 62.6. The van der Waals surface area contributed by atoms with Crippen LogP contribution in [-0.2, 0) is 38.4 Å². The molecule has 24 heteroatoms. The molecule has 24 nitrogen and oxygen atoms in total. The smallest absolute Gasteiger partial charge is 0.317 e. The molecule has 1 atom stereocenters. The van der Waals surface area contributed by atoms with Gasteiger partial charge in [0, 0.05) is 118 Å². The molecule has 0 aromatic heterocycles. The molecule has 0 bridgehead atoms. The summed E-state index contributed by atoms with van der Waals surface area (Å²) < 4.78 is 0. The molecule has 0 saturated carbocycles. The van der Waals surface area contributed by atoms with Crippen LogP contribution in [0.3, 0.4) is 0 Å². The minimum Gasteiger partial charge on any atom is -0.480 e. The number of hydrogen-bond donors (Lipinski definition) is 8. The summed E-state index contributed by atoms with van der Waals surface area (Å²) >= 11 is 0. The zero-order valence-corrected chi connectivity index (χ0v) is 33.8. The number of hydrogen-bond acceptors (Lipinski definition) is 16. The fourth-order valence-electron chi connectivity index (χ4n) is 6.79. The molecule has 0 unspecified atom stereocenters. The van der Waals surface area contributed by atoms with Gasteiger partial charge in [0.25, 0.3) is 0 Å². The van der Waals surface area contributed by atoms with Crippen LogP contribution < -0.4 is 10.6 Å². The zero-order valence-electron chi connectivity index (χ0n) is 33.8. The molecule has 0 spiro atoms. The highest BCUT2D eigenvalue weighted by atomic mass is 16.4. The molecule has 59 heavy (non-hydrogen) atoms. The van der Waals surface area contributed by atoms with Gasteiger partial charge in [-0.2, -0.15) is 0 Å². The first-order valence-electron chi connectivity index (χ1n) is 19.6. The normalized spacial score (nSPS) is 19.8. The molecule has 2 amide bonds. The molecule has 2 heterocycles. The lowest BCUT2D eigenvalue weighted by Crippen LogP contribution is -2.56. The predicted octanol–water partition coefficient (Wildman–Crippen LogP) is -5.44. The van der Waals surface area contributed by atoms with Crippen molar-refractivity contribution < 1.29 is 69.0 Å². The van der Waals surface area contributed by atoms with Crippen LogP contribution in [-0.4, -0.2) is 287 Å². The lowest BCUT2D eigenvalue weighted by atomic mass is 10.2. The lowest BCUT2D eigenvalue weighted by Gasteiger charge is -2.34. The zero-order chi connectivity index (χ0) is 43.9. The molecular formula is C35H62N10O14. The molecular weight excluding hydrogens is 784 g/mol. The minimum absolute atomic E-state index is 0.0316. The molecule has 2 fully saturated rings. The molecule has 0 radical (unpaired) electrons. The van der Waals surface area contributed by atoms with Crippen LogP contribution in [0.15, 0.2) is 0 Å². The Morgan fingerprint density at radius 1 is 0.390 bits per heavy atom. The molecule has 2 aliphatic rings. The lowest BCUT2D eigenvalue weighted by molar-refractivity contribution is -0.140. The van der Waals surface area contributed by atoms with Crippen molar-refractivity contribution in [1.82, 2.24) is 49.8 Å². The number of nitrogens with one attached hydrogen (secondary N) is 2. The second-order valence-corrected chi connectivity index (χ2v) is 14.6. The van der Waals surface area contributed by atoms with Crippen molar-refractivity contribution in [2.75, 3.05) is 164 Å². The number of carbonyl (C=O) groups excluding carboxylic acids is 2. The van der Waals surface area contributed by atoms with Gasteiger partial charge in [-0.3, -0.25) is 77.6 Å². The highest BCUT2D eigenvalue weighted by molar-refractivity contribution is 5.88. The van der Waals surface area contributed by atoms with Crippen molar-refractivity contribution in [2.45, 2.75) is 13.0 Å². The number of aliphatic carboxylic acids is 6. The molecule has 336 valence electrons. The molecule has 0 aromatic rings. The Hall–Kier alpha value is -4.56. The molecule has 2 rings (SSSR count). The van der Waals surface area contributed by atoms with E-state index in [4.69, 9.17) is 0 Å². The Morgan fingerprint density at radius 2 is 0.610 bits per heavy atom. The number of rotatable bonds is 19. The maximum atomic E-state index is 13.7. The van der Waals surface area contributed by atoms with Gasteiger partial charge in [-0.05, 0) is 6.92 Å². The number of amides is 2. The summed E-state index contributed by atoms with van der Waals surface area (Å²) in [5.74, 6) is -7.58. The van der Waals surface area contributed by atoms with Crippen molar-refractivity contribution >= 4 is 47.6 Å². The number of likely N-dealkylation sites (N-methyl/N-ethyl adjacent to an activating group) is 1. The van der Waals surface area contributed by atoms with Crippen molar-refractivity contribution in [1.29, 1.82) is 0 Å². The standard InChI is InChI=1S/C35H62N10O14/c1-2-36-35(59)27(19-38-3-7-40(21-29(47)48)11-15-44(25-33(55)56)16-12-41(8-4-38)22-30(49)50)37-28(46)20-39-5-9-42(23-31(51)52)13-17-45(26-34(57)58)18-14-43(10-6-39)24-32(53)54/h27H,2-26H2,1H3,(H,36,59)(H,37,46)(H,47,48)(H,49,50)(H,51,52)(H,53,54)(H,55,56)(H,57,58)/t27-/m1/s1. The topological polar surface area (TPSA) is 308 Å². The van der Waals surface area contributed by atoms with Crippen LogP contribution in [0.5, 0.6) is 0 Å². The average Bonchev–Trinajstić information content (AvgIpc) is 3.12. The van der Waals surface area contributed by atoms with Gasteiger partial charge in [0.1, 0.15) is 6.04 Å². The molecule has 2 saturated heterocycles. The third-order valence-electron chi connectivity index (χ3n) is 9.82. The van der Waals surface area contributed by atoms with Gasteiger partial charge in [-0.25, -0.2) is 0 Å². The summed E-state index contributed by atoms with van der Waals surface area (Å²) in [7, 11) is 0. The van der Waals surface area contributed by atoms with Gasteiger partial charge in [-0.15, -0.1) is 0 Å². The quantitative estimate of drug-likeness (QED) is 0.0602. The Kier molecular flexibility index (Phi) is 23.4. The van der Waals surface area contributed by atoms with Crippen molar-refractivity contribution in [2.24, 2.45) is 0 Å². The Balaban J connectivity index is 2.32. The summed E-state index contributed by atoms with van der Waals surface area (Å²) in [6, 6.07) is -1.11. The van der Waals surface area contributed by atoms with E-state index in [9.17, 15) is 69.0 Å². The van der Waals surface area contributed by atoms with Gasteiger partial charge >= 0.3 is 35.8 Å². The molecule has 0 aliphatic carbocycles. The van der Waals surface area contributed by atoms with E-state index in [2.05, 4.69) is 10.6 Å². The average molecular weight is 847 g/mol. The van der Waals surface area contributed by atoms with Gasteiger partial charge in [0.2, 0.25) is 11.8 Å². The molecule has 0 aromatic carbocycles. The SMILES string of the molecule is CCNC(=O)[C@@H](CN1CCN(CC(=O)O)CCN(CC(=O)O)CCN(CC(=O)O)CC1)NC(=O)CN1CCN(CC(=O)O)CCN(CC(=O)O)CCN(CC(=O)O)CC1. The first-order valence-corrected chi connectivity index (χ1v) is 19.6. The van der Waals surface area contributed by atoms with Crippen LogP contribution in [0.2, 0.25) is 0 Å². The summed E-state index contributed by atoms with van der Waals surface area (Å²) in [6.07, 6.45) is 0. The second-order valence-electron chi connectivity index (χ2n) is 14.6. The van der Waals surface area contributed by atoms with E-state index in [1.807, 2.05) is 4.90 Å². The molecule has 2 aliphatic heterocycles. The first-order chi connectivity index (χ1) is 27.9. The van der Waals surface area contributed by atoms with E-state index >= 15 is 0 Å². The largest absolute Gasteiger partial charge is 0.480 e. The van der Waals surface area contributed by atoms with E-state index in [-0.39, 0.29) is 164 Å². The number of carbonyl (C=O) groups is 8. The van der Waals surface area contributed by atoms with E-state index in [1.54, 1.807) is 41.2 Å². The Bertz CT molecular complexity index is 1350. The van der Waals surface area contributed by atoms with Crippen LogP contribution >= 0.6 is 0 Å². The summed E-state index contributed by atoms with van der Waals surface area (Å²) in [4.78, 5) is 110. The van der Waals surface area contributed by atoms with Gasteiger partial charge in [-0.1, -0.05) is 0 Å². The van der Waals surface area contributed by atoms with Crippen molar-refractivity contribution in [3.8, 4) is 0 Å². The monoisotopic (exact) mass is 846 g/mol. The van der Waals surface area contributed by atoms with Gasteiger partial charge in [0.15, 0.2) is 0 Å². The van der Waals surface area contributed by atoms with E-state index < -0.39 is 53.7 Å². The van der Waals surface area contributed by atoms with Gasteiger partial charge < -0.3 is 41.3 Å².